The number of aromatic hydroxyl groups is 1. The number of hydrogen-bond acceptors (Lipinski definition) is 2. The van der Waals surface area contributed by atoms with Gasteiger partial charge < -0.3 is 10.8 Å². The topological polar surface area (TPSA) is 70.1 Å². The molecule has 0 aliphatic heterocycles. The number of phenolic OH excluding ortho intramolecular Hbond substituents is 1. The van der Waals surface area contributed by atoms with Gasteiger partial charge >= 0.3 is 0 Å². The van der Waals surface area contributed by atoms with E-state index in [4.69, 9.17) is 16.2 Å². The summed E-state index contributed by atoms with van der Waals surface area (Å²) in [6.07, 6.45) is 0. The van der Waals surface area contributed by atoms with E-state index in [0.717, 1.165) is 12.1 Å². The minimum absolute atomic E-state index is 0. The fraction of sp³-hybridized carbons (Fsp3) is 0. The van der Waals surface area contributed by atoms with Crippen LogP contribution in [0.2, 0.25) is 0 Å². The minimum atomic E-state index is -1.39. The first kappa shape index (κ1) is 11.8. The van der Waals surface area contributed by atoms with Gasteiger partial charge in [0, 0.05) is 0 Å². The lowest BCUT2D eigenvalue weighted by atomic mass is 10.2. The molecule has 0 spiro atoms. The average Bonchev–Trinajstić information content (AvgIpc) is 2.00. The highest BCUT2D eigenvalue weighted by Gasteiger charge is 2.13. The summed E-state index contributed by atoms with van der Waals surface area (Å²) in [5, 5.41) is 15.5. The zero-order chi connectivity index (χ0) is 9.30. The summed E-state index contributed by atoms with van der Waals surface area (Å²) in [6.45, 7) is 0. The van der Waals surface area contributed by atoms with E-state index in [0.29, 0.717) is 0 Å². The van der Waals surface area contributed by atoms with Gasteiger partial charge in [0.25, 0.3) is 0 Å². The second-order valence-electron chi connectivity index (χ2n) is 2.17. The normalized spacial score (nSPS) is 9.08. The number of nitrogens with two attached hydrogens (primary N) is 1. The Morgan fingerprint density at radius 1 is 1.31 bits per heavy atom. The van der Waals surface area contributed by atoms with E-state index in [1.807, 2.05) is 0 Å². The highest BCUT2D eigenvalue weighted by Crippen LogP contribution is 2.20. The first-order chi connectivity index (χ1) is 5.54. The van der Waals surface area contributed by atoms with Crippen molar-refractivity contribution >= 4 is 22.8 Å². The third-order valence-corrected chi connectivity index (χ3v) is 1.35. The third-order valence-electron chi connectivity index (χ3n) is 1.35. The molecule has 0 aromatic heterocycles. The third kappa shape index (κ3) is 2.15. The van der Waals surface area contributed by atoms with Crippen LogP contribution < -0.4 is 5.73 Å². The number of nitrogen functional groups attached to an aromatic ring is 1. The molecule has 1 aromatic carbocycles. The smallest absolute Gasteiger partial charge is 0.201 e. The van der Waals surface area contributed by atoms with Crippen molar-refractivity contribution in [3.05, 3.63) is 29.3 Å². The van der Waals surface area contributed by atoms with E-state index in [1.54, 1.807) is 0 Å². The van der Waals surface area contributed by atoms with Crippen LogP contribution in [-0.2, 0) is 0 Å². The van der Waals surface area contributed by atoms with Crippen LogP contribution in [0.1, 0.15) is 5.56 Å². The van der Waals surface area contributed by atoms with Crippen molar-refractivity contribution < 1.29 is 13.9 Å². The molecule has 4 N–H and O–H groups in total. The Hall–Kier alpha value is -1.17. The van der Waals surface area contributed by atoms with Gasteiger partial charge in [-0.05, 0) is 12.1 Å². The summed E-state index contributed by atoms with van der Waals surface area (Å²) in [6, 6.07) is 1.98. The Bertz CT molecular complexity index is 344. The first-order valence-corrected chi connectivity index (χ1v) is 3.05. The van der Waals surface area contributed by atoms with Gasteiger partial charge in [0.2, 0.25) is 5.82 Å². The van der Waals surface area contributed by atoms with Gasteiger partial charge in [-0.25, -0.2) is 4.39 Å². The fourth-order valence-electron chi connectivity index (χ4n) is 0.747. The molecule has 0 aliphatic carbocycles. The zero-order valence-electron chi connectivity index (χ0n) is 6.34. The molecule has 0 saturated carbocycles. The molecule has 0 atom stereocenters. The molecular weight excluding hydrogens is 246 g/mol. The standard InChI is InChI=1S/C7H6F2N2O.BrH/c8-5-3(7(10)11)1-2-4(12)6(5)9;/h1-2,12H,(H3,10,11);1H. The molecule has 72 valence electrons. The molecule has 1 rings (SSSR count). The molecule has 6 heteroatoms. The first-order valence-electron chi connectivity index (χ1n) is 3.05. The Morgan fingerprint density at radius 2 is 1.85 bits per heavy atom. The van der Waals surface area contributed by atoms with Crippen molar-refractivity contribution in [3.63, 3.8) is 0 Å². The molecule has 1 aromatic rings. The quantitative estimate of drug-likeness (QED) is 0.524. The minimum Gasteiger partial charge on any atom is -0.505 e. The molecule has 0 heterocycles. The number of hydrogen-bond donors (Lipinski definition) is 3. The highest BCUT2D eigenvalue weighted by molar-refractivity contribution is 8.93. The zero-order valence-corrected chi connectivity index (χ0v) is 8.06. The van der Waals surface area contributed by atoms with Crippen LogP contribution in [0, 0.1) is 17.0 Å². The van der Waals surface area contributed by atoms with E-state index in [-0.39, 0.29) is 22.5 Å². The van der Waals surface area contributed by atoms with Crippen molar-refractivity contribution in [1.82, 2.24) is 0 Å². The van der Waals surface area contributed by atoms with Gasteiger partial charge in [0.1, 0.15) is 5.84 Å². The molecule has 0 saturated heterocycles. The van der Waals surface area contributed by atoms with Crippen molar-refractivity contribution in [1.29, 1.82) is 5.41 Å². The number of nitrogens with one attached hydrogen (secondary N) is 1. The van der Waals surface area contributed by atoms with Gasteiger partial charge in [-0.15, -0.1) is 17.0 Å². The summed E-state index contributed by atoms with van der Waals surface area (Å²) in [7, 11) is 0. The molecule has 0 aliphatic rings. The van der Waals surface area contributed by atoms with Gasteiger partial charge in [-0.2, -0.15) is 4.39 Å². The summed E-state index contributed by atoms with van der Waals surface area (Å²) < 4.78 is 25.3. The lowest BCUT2D eigenvalue weighted by molar-refractivity contribution is 0.406. The van der Waals surface area contributed by atoms with E-state index in [2.05, 4.69) is 0 Å². The highest BCUT2D eigenvalue weighted by atomic mass is 79.9. The SMILES string of the molecule is Br.N=C(N)c1ccc(O)c(F)c1F. The second-order valence-corrected chi connectivity index (χ2v) is 2.17. The van der Waals surface area contributed by atoms with Crippen LogP contribution in [0.3, 0.4) is 0 Å². The fourth-order valence-corrected chi connectivity index (χ4v) is 0.747. The summed E-state index contributed by atoms with van der Waals surface area (Å²) in [4.78, 5) is 0. The predicted molar refractivity (Wildman–Crippen MR) is 49.4 cm³/mol. The van der Waals surface area contributed by atoms with Crippen LogP contribution >= 0.6 is 17.0 Å². The molecule has 0 amide bonds. The maximum absolute atomic E-state index is 12.8. The molecule has 13 heavy (non-hydrogen) atoms. The Morgan fingerprint density at radius 3 is 2.31 bits per heavy atom. The Balaban J connectivity index is 0.00000144. The monoisotopic (exact) mass is 252 g/mol. The number of amidine groups is 1. The molecule has 0 bridgehead atoms. The molecule has 0 radical (unpaired) electrons. The predicted octanol–water partition coefficient (Wildman–Crippen LogP) is 1.53. The molecular formula is C7H7BrF2N2O. The largest absolute Gasteiger partial charge is 0.505 e. The van der Waals surface area contributed by atoms with Crippen molar-refractivity contribution in [2.24, 2.45) is 5.73 Å². The van der Waals surface area contributed by atoms with Crippen LogP contribution in [0.25, 0.3) is 0 Å². The summed E-state index contributed by atoms with van der Waals surface area (Å²) >= 11 is 0. The van der Waals surface area contributed by atoms with E-state index in [9.17, 15) is 8.78 Å². The molecule has 3 nitrogen and oxygen atoms in total. The Kier molecular flexibility index (Phi) is 3.80. The second kappa shape index (κ2) is 4.18. The van der Waals surface area contributed by atoms with Crippen molar-refractivity contribution in [2.75, 3.05) is 0 Å². The van der Waals surface area contributed by atoms with E-state index < -0.39 is 23.2 Å². The van der Waals surface area contributed by atoms with E-state index >= 15 is 0 Å². The van der Waals surface area contributed by atoms with Crippen LogP contribution in [0.5, 0.6) is 5.75 Å². The van der Waals surface area contributed by atoms with Crippen LogP contribution in [0.4, 0.5) is 8.78 Å². The van der Waals surface area contributed by atoms with Crippen LogP contribution in [0.15, 0.2) is 12.1 Å². The molecule has 0 unspecified atom stereocenters. The molecule has 0 fully saturated rings. The van der Waals surface area contributed by atoms with Gasteiger partial charge in [0.15, 0.2) is 11.6 Å². The number of rotatable bonds is 1. The van der Waals surface area contributed by atoms with Gasteiger partial charge in [-0.1, -0.05) is 0 Å². The maximum atomic E-state index is 12.8. The van der Waals surface area contributed by atoms with Crippen molar-refractivity contribution in [2.45, 2.75) is 0 Å². The van der Waals surface area contributed by atoms with Gasteiger partial charge in [0.05, 0.1) is 5.56 Å². The number of benzene rings is 1. The van der Waals surface area contributed by atoms with Crippen LogP contribution in [-0.4, -0.2) is 10.9 Å². The number of phenols is 1. The average molecular weight is 253 g/mol. The van der Waals surface area contributed by atoms with Gasteiger partial charge in [-0.3, -0.25) is 5.41 Å². The summed E-state index contributed by atoms with van der Waals surface area (Å²) in [5.74, 6) is -4.06. The Labute approximate surface area is 83.5 Å². The summed E-state index contributed by atoms with van der Waals surface area (Å²) in [5.41, 5.74) is 4.57. The van der Waals surface area contributed by atoms with Crippen molar-refractivity contribution in [3.8, 4) is 5.75 Å². The maximum Gasteiger partial charge on any atom is 0.201 e. The lowest BCUT2D eigenvalue weighted by Gasteiger charge is -2.01. The van der Waals surface area contributed by atoms with E-state index in [1.165, 1.54) is 0 Å². The lowest BCUT2D eigenvalue weighted by Crippen LogP contribution is -2.13. The number of halogens is 3.